The van der Waals surface area contributed by atoms with Gasteiger partial charge in [-0.3, -0.25) is 14.2 Å². The van der Waals surface area contributed by atoms with Crippen LogP contribution in [-0.2, 0) is 4.79 Å². The van der Waals surface area contributed by atoms with E-state index in [-0.39, 0.29) is 23.1 Å². The van der Waals surface area contributed by atoms with Gasteiger partial charge in [0.05, 0.1) is 35.0 Å². The summed E-state index contributed by atoms with van der Waals surface area (Å²) < 4.78 is 7.01. The SMILES string of the molecule is CCOc1ccc(-n2c(SCC(=O)NC(C)(C#N)C3CC3)nc3ccccc3c2=O)cc1. The van der Waals surface area contributed by atoms with Crippen molar-refractivity contribution in [2.24, 2.45) is 5.92 Å². The van der Waals surface area contributed by atoms with Crippen LogP contribution in [0.1, 0.15) is 26.7 Å². The Morgan fingerprint density at radius 1 is 1.28 bits per heavy atom. The number of fused-ring (bicyclic) bond motifs is 1. The van der Waals surface area contributed by atoms with Crippen molar-refractivity contribution in [1.82, 2.24) is 14.9 Å². The number of ether oxygens (including phenoxy) is 1. The summed E-state index contributed by atoms with van der Waals surface area (Å²) in [7, 11) is 0. The van der Waals surface area contributed by atoms with Crippen LogP contribution in [0.3, 0.4) is 0 Å². The number of nitriles is 1. The monoisotopic (exact) mass is 448 g/mol. The van der Waals surface area contributed by atoms with Crippen molar-refractivity contribution in [1.29, 1.82) is 5.26 Å². The molecule has 2 aromatic carbocycles. The normalized spacial score (nSPS) is 15.0. The van der Waals surface area contributed by atoms with E-state index >= 15 is 0 Å². The molecular weight excluding hydrogens is 424 g/mol. The van der Waals surface area contributed by atoms with Crippen molar-refractivity contribution < 1.29 is 9.53 Å². The summed E-state index contributed by atoms with van der Waals surface area (Å²) in [5.41, 5.74) is 0.146. The second kappa shape index (κ2) is 9.05. The van der Waals surface area contributed by atoms with Gasteiger partial charge in [-0.25, -0.2) is 4.98 Å². The van der Waals surface area contributed by atoms with Gasteiger partial charge in [0, 0.05) is 0 Å². The molecule has 0 spiro atoms. The van der Waals surface area contributed by atoms with Crippen LogP contribution < -0.4 is 15.6 Å². The van der Waals surface area contributed by atoms with Crippen molar-refractivity contribution in [3.05, 3.63) is 58.9 Å². The van der Waals surface area contributed by atoms with Crippen LogP contribution in [-0.4, -0.2) is 33.4 Å². The molecule has 1 amide bonds. The average Bonchev–Trinajstić information content (AvgIpc) is 3.65. The summed E-state index contributed by atoms with van der Waals surface area (Å²) in [4.78, 5) is 30.6. The molecule has 1 N–H and O–H groups in total. The molecule has 3 aromatic rings. The Kier molecular flexibility index (Phi) is 6.19. The Morgan fingerprint density at radius 3 is 2.66 bits per heavy atom. The second-order valence-electron chi connectivity index (χ2n) is 7.90. The van der Waals surface area contributed by atoms with Gasteiger partial charge in [0.2, 0.25) is 5.91 Å². The van der Waals surface area contributed by atoms with E-state index < -0.39 is 5.54 Å². The molecule has 8 heteroatoms. The van der Waals surface area contributed by atoms with Crippen molar-refractivity contribution >= 4 is 28.6 Å². The summed E-state index contributed by atoms with van der Waals surface area (Å²) in [5.74, 6) is 0.697. The fraction of sp³-hybridized carbons (Fsp3) is 0.333. The van der Waals surface area contributed by atoms with E-state index in [9.17, 15) is 14.9 Å². The number of aromatic nitrogens is 2. The lowest BCUT2D eigenvalue weighted by Gasteiger charge is -2.22. The summed E-state index contributed by atoms with van der Waals surface area (Å²) in [5, 5.41) is 13.3. The number of para-hydroxylation sites is 1. The predicted octanol–water partition coefficient (Wildman–Crippen LogP) is 3.68. The lowest BCUT2D eigenvalue weighted by atomic mass is 9.98. The second-order valence-corrected chi connectivity index (χ2v) is 8.85. The number of rotatable bonds is 8. The van der Waals surface area contributed by atoms with E-state index in [1.807, 2.05) is 13.0 Å². The van der Waals surface area contributed by atoms with Gasteiger partial charge in [-0.15, -0.1) is 0 Å². The first-order chi connectivity index (χ1) is 15.4. The molecule has 7 nitrogen and oxygen atoms in total. The van der Waals surface area contributed by atoms with Crippen molar-refractivity contribution in [3.63, 3.8) is 0 Å². The molecule has 1 aliphatic carbocycles. The molecule has 1 unspecified atom stereocenters. The largest absolute Gasteiger partial charge is 0.494 e. The van der Waals surface area contributed by atoms with E-state index in [0.29, 0.717) is 34.1 Å². The third kappa shape index (κ3) is 4.48. The molecule has 1 atom stereocenters. The molecule has 1 saturated carbocycles. The molecule has 4 rings (SSSR count). The number of carbonyl (C=O) groups is 1. The molecule has 0 saturated heterocycles. The smallest absolute Gasteiger partial charge is 0.266 e. The van der Waals surface area contributed by atoms with E-state index in [1.165, 1.54) is 16.3 Å². The van der Waals surface area contributed by atoms with Gasteiger partial charge in [-0.2, -0.15) is 5.26 Å². The maximum absolute atomic E-state index is 13.3. The zero-order chi connectivity index (χ0) is 22.7. The van der Waals surface area contributed by atoms with Gasteiger partial charge in [-0.1, -0.05) is 23.9 Å². The van der Waals surface area contributed by atoms with Crippen LogP contribution in [0.2, 0.25) is 0 Å². The number of nitrogens with zero attached hydrogens (tertiary/aromatic N) is 3. The zero-order valence-electron chi connectivity index (χ0n) is 18.0. The number of hydrogen-bond donors (Lipinski definition) is 1. The van der Waals surface area contributed by atoms with Crippen LogP contribution in [0, 0.1) is 17.2 Å². The fourth-order valence-corrected chi connectivity index (χ4v) is 4.45. The minimum Gasteiger partial charge on any atom is -0.494 e. The Balaban J connectivity index is 1.65. The van der Waals surface area contributed by atoms with Crippen LogP contribution in [0.5, 0.6) is 5.75 Å². The molecule has 1 aliphatic rings. The highest BCUT2D eigenvalue weighted by atomic mass is 32.2. The molecule has 1 heterocycles. The highest BCUT2D eigenvalue weighted by molar-refractivity contribution is 7.99. The lowest BCUT2D eigenvalue weighted by molar-refractivity contribution is -0.119. The maximum Gasteiger partial charge on any atom is 0.266 e. The minimum absolute atomic E-state index is 0.0474. The van der Waals surface area contributed by atoms with Gasteiger partial charge < -0.3 is 10.1 Å². The first-order valence-electron chi connectivity index (χ1n) is 10.6. The summed E-state index contributed by atoms with van der Waals surface area (Å²) in [6.45, 7) is 4.22. The van der Waals surface area contributed by atoms with Crippen molar-refractivity contribution in [2.75, 3.05) is 12.4 Å². The van der Waals surface area contributed by atoms with E-state index in [1.54, 1.807) is 49.4 Å². The molecular formula is C24H24N4O3S. The number of amides is 1. The van der Waals surface area contributed by atoms with Gasteiger partial charge in [0.1, 0.15) is 11.3 Å². The highest BCUT2D eigenvalue weighted by Crippen LogP contribution is 2.39. The van der Waals surface area contributed by atoms with Crippen molar-refractivity contribution in [3.8, 4) is 17.5 Å². The van der Waals surface area contributed by atoms with Gasteiger partial charge in [-0.05, 0) is 69.0 Å². The lowest BCUT2D eigenvalue weighted by Crippen LogP contribution is -2.47. The standard InChI is InChI=1S/C24H24N4O3S/c1-3-31-18-12-10-17(11-13-18)28-22(30)19-6-4-5-7-20(19)26-23(28)32-14-21(29)27-24(2,15-25)16-8-9-16/h4-7,10-13,16H,3,8-9,14H2,1-2H3,(H,27,29). The first kappa shape index (κ1) is 21.9. The van der Waals surface area contributed by atoms with Crippen LogP contribution >= 0.6 is 11.8 Å². The molecule has 1 aromatic heterocycles. The van der Waals surface area contributed by atoms with Crippen LogP contribution in [0.4, 0.5) is 0 Å². The third-order valence-corrected chi connectivity index (χ3v) is 6.45. The molecule has 0 radical (unpaired) electrons. The summed E-state index contributed by atoms with van der Waals surface area (Å²) in [6, 6.07) is 16.6. The van der Waals surface area contributed by atoms with Crippen LogP contribution in [0.15, 0.2) is 58.5 Å². The summed E-state index contributed by atoms with van der Waals surface area (Å²) >= 11 is 1.18. The topological polar surface area (TPSA) is 97.0 Å². The molecule has 164 valence electrons. The Labute approximate surface area is 190 Å². The van der Waals surface area contributed by atoms with E-state index in [2.05, 4.69) is 16.4 Å². The zero-order valence-corrected chi connectivity index (χ0v) is 18.8. The first-order valence-corrected chi connectivity index (χ1v) is 11.5. The molecule has 0 bridgehead atoms. The number of carbonyl (C=O) groups excluding carboxylic acids is 1. The van der Waals surface area contributed by atoms with Crippen LogP contribution in [0.25, 0.3) is 16.6 Å². The Bertz CT molecular complexity index is 1240. The molecule has 1 fully saturated rings. The van der Waals surface area contributed by atoms with Gasteiger partial charge >= 0.3 is 0 Å². The van der Waals surface area contributed by atoms with E-state index in [4.69, 9.17) is 4.74 Å². The van der Waals surface area contributed by atoms with Gasteiger partial charge in [0.25, 0.3) is 5.56 Å². The number of nitrogens with one attached hydrogen (secondary N) is 1. The number of thioether (sulfide) groups is 1. The average molecular weight is 449 g/mol. The van der Waals surface area contributed by atoms with Gasteiger partial charge in [0.15, 0.2) is 5.16 Å². The minimum atomic E-state index is -0.858. The van der Waals surface area contributed by atoms with Crippen molar-refractivity contribution in [2.45, 2.75) is 37.4 Å². The Hall–Kier alpha value is -3.31. The maximum atomic E-state index is 13.3. The number of hydrogen-bond acceptors (Lipinski definition) is 6. The fourth-order valence-electron chi connectivity index (χ4n) is 3.63. The summed E-state index contributed by atoms with van der Waals surface area (Å²) in [6.07, 6.45) is 1.89. The highest BCUT2D eigenvalue weighted by Gasteiger charge is 2.43. The molecule has 0 aliphatic heterocycles. The molecule has 32 heavy (non-hydrogen) atoms. The number of benzene rings is 2. The quantitative estimate of drug-likeness (QED) is 0.417. The predicted molar refractivity (Wildman–Crippen MR) is 124 cm³/mol. The van der Waals surface area contributed by atoms with E-state index in [0.717, 1.165) is 12.8 Å². The third-order valence-electron chi connectivity index (χ3n) is 5.51. The Morgan fingerprint density at radius 2 is 2.00 bits per heavy atom.